The van der Waals surface area contributed by atoms with Gasteiger partial charge < -0.3 is 15.3 Å². The van der Waals surface area contributed by atoms with Crippen LogP contribution in [0.4, 0.5) is 5.69 Å². The van der Waals surface area contributed by atoms with Gasteiger partial charge in [0.25, 0.3) is 0 Å². The summed E-state index contributed by atoms with van der Waals surface area (Å²) in [6.45, 7) is 3.25. The number of carboxylic acids is 1. The van der Waals surface area contributed by atoms with Crippen LogP contribution in [0.25, 0.3) is 11.2 Å². The minimum Gasteiger partial charge on any atom is -0.478 e. The van der Waals surface area contributed by atoms with Crippen LogP contribution in [0.2, 0.25) is 0 Å². The number of hydrogen-bond acceptors (Lipinski definition) is 6. The van der Waals surface area contributed by atoms with Crippen molar-refractivity contribution in [3.8, 4) is 0 Å². The molecule has 7 heteroatoms. The van der Waals surface area contributed by atoms with Crippen LogP contribution in [0.1, 0.15) is 22.5 Å². The normalized spacial score (nSPS) is 11.0. The van der Waals surface area contributed by atoms with Crippen molar-refractivity contribution in [2.45, 2.75) is 13.3 Å². The second-order valence-electron chi connectivity index (χ2n) is 5.06. The summed E-state index contributed by atoms with van der Waals surface area (Å²) in [6.07, 6.45) is 3.98. The van der Waals surface area contributed by atoms with Gasteiger partial charge in [-0.25, -0.2) is 19.7 Å². The number of pyridine rings is 1. The largest absolute Gasteiger partial charge is 0.478 e. The van der Waals surface area contributed by atoms with Crippen molar-refractivity contribution >= 4 is 22.8 Å². The number of carboxylic acid groups (broad SMARTS) is 1. The molecule has 0 atom stereocenters. The quantitative estimate of drug-likeness (QED) is 0.776. The first-order valence-electron chi connectivity index (χ1n) is 6.74. The molecule has 2 aromatic rings. The Morgan fingerprint density at radius 1 is 1.33 bits per heavy atom. The molecule has 2 heterocycles. The SMILES string of the molecule is Cc1nc2nccnc2c(NCCCN(C)C)c1C(=O)O. The number of rotatable bonds is 6. The maximum atomic E-state index is 11.5. The highest BCUT2D eigenvalue weighted by Gasteiger charge is 2.19. The molecule has 2 N–H and O–H groups in total. The zero-order valence-corrected chi connectivity index (χ0v) is 12.4. The van der Waals surface area contributed by atoms with E-state index in [2.05, 4.69) is 25.2 Å². The van der Waals surface area contributed by atoms with Crippen LogP contribution in [-0.4, -0.2) is 58.1 Å². The lowest BCUT2D eigenvalue weighted by Gasteiger charge is -2.14. The fourth-order valence-corrected chi connectivity index (χ4v) is 2.15. The molecule has 7 nitrogen and oxygen atoms in total. The van der Waals surface area contributed by atoms with E-state index in [9.17, 15) is 9.90 Å². The molecular weight excluding hydrogens is 270 g/mol. The highest BCUT2D eigenvalue weighted by Crippen LogP contribution is 2.25. The highest BCUT2D eigenvalue weighted by molar-refractivity contribution is 6.03. The topological polar surface area (TPSA) is 91.2 Å². The average molecular weight is 289 g/mol. The molecule has 112 valence electrons. The van der Waals surface area contributed by atoms with Crippen LogP contribution in [0.5, 0.6) is 0 Å². The zero-order chi connectivity index (χ0) is 15.4. The van der Waals surface area contributed by atoms with E-state index >= 15 is 0 Å². The Kier molecular flexibility index (Phi) is 4.64. The number of fused-ring (bicyclic) bond motifs is 1. The van der Waals surface area contributed by atoms with E-state index in [1.165, 1.54) is 6.20 Å². The van der Waals surface area contributed by atoms with Gasteiger partial charge in [-0.2, -0.15) is 0 Å². The lowest BCUT2D eigenvalue weighted by molar-refractivity contribution is 0.0697. The first kappa shape index (κ1) is 15.1. The molecule has 0 saturated heterocycles. The van der Waals surface area contributed by atoms with Crippen molar-refractivity contribution in [2.24, 2.45) is 0 Å². The van der Waals surface area contributed by atoms with Gasteiger partial charge in [0.15, 0.2) is 5.65 Å². The molecule has 0 amide bonds. The van der Waals surface area contributed by atoms with E-state index in [0.29, 0.717) is 29.1 Å². The Balaban J connectivity index is 2.37. The molecular formula is C14H19N5O2. The van der Waals surface area contributed by atoms with Gasteiger partial charge in [0.2, 0.25) is 0 Å². The average Bonchev–Trinajstić information content (AvgIpc) is 2.42. The number of hydrogen-bond donors (Lipinski definition) is 2. The maximum Gasteiger partial charge on any atom is 0.339 e. The van der Waals surface area contributed by atoms with Gasteiger partial charge in [-0.05, 0) is 34.0 Å². The molecule has 0 unspecified atom stereocenters. The summed E-state index contributed by atoms with van der Waals surface area (Å²) in [4.78, 5) is 26.1. The van der Waals surface area contributed by atoms with Gasteiger partial charge in [-0.3, -0.25) is 0 Å². The van der Waals surface area contributed by atoms with Gasteiger partial charge >= 0.3 is 5.97 Å². The van der Waals surface area contributed by atoms with Crippen LogP contribution < -0.4 is 5.32 Å². The third kappa shape index (κ3) is 3.43. The first-order chi connectivity index (χ1) is 10.0. The van der Waals surface area contributed by atoms with Gasteiger partial charge in [-0.15, -0.1) is 0 Å². The number of nitrogens with one attached hydrogen (secondary N) is 1. The van der Waals surface area contributed by atoms with E-state index in [1.54, 1.807) is 13.1 Å². The van der Waals surface area contributed by atoms with Gasteiger partial charge in [0.05, 0.1) is 11.4 Å². The van der Waals surface area contributed by atoms with E-state index in [0.717, 1.165) is 13.0 Å². The molecule has 0 aromatic carbocycles. The molecule has 0 saturated carbocycles. The van der Waals surface area contributed by atoms with Gasteiger partial charge in [0, 0.05) is 18.9 Å². The molecule has 0 aliphatic rings. The lowest BCUT2D eigenvalue weighted by atomic mass is 10.1. The summed E-state index contributed by atoms with van der Waals surface area (Å²) in [6, 6.07) is 0. The van der Waals surface area contributed by atoms with E-state index in [1.807, 2.05) is 14.1 Å². The molecule has 0 bridgehead atoms. The molecule has 2 aromatic heterocycles. The number of carbonyl (C=O) groups is 1. The summed E-state index contributed by atoms with van der Waals surface area (Å²) in [5.41, 5.74) is 2.04. The Bertz CT molecular complexity index is 657. The van der Waals surface area contributed by atoms with Crippen molar-refractivity contribution in [1.29, 1.82) is 0 Å². The molecule has 0 spiro atoms. The lowest BCUT2D eigenvalue weighted by Crippen LogP contribution is -2.18. The number of nitrogens with zero attached hydrogens (tertiary/aromatic N) is 4. The van der Waals surface area contributed by atoms with Crippen molar-refractivity contribution < 1.29 is 9.90 Å². The number of aromatic carboxylic acids is 1. The van der Waals surface area contributed by atoms with Crippen LogP contribution >= 0.6 is 0 Å². The van der Waals surface area contributed by atoms with Crippen LogP contribution in [-0.2, 0) is 0 Å². The molecule has 0 fully saturated rings. The standard InChI is InChI=1S/C14H19N5O2/c1-9-10(14(20)21)11(15-5-4-8-19(2)3)12-13(18-9)17-7-6-16-12/h6-7H,4-5,8H2,1-3H3,(H,20,21)(H,15,17,18). The predicted molar refractivity (Wildman–Crippen MR) is 80.7 cm³/mol. The third-order valence-corrected chi connectivity index (χ3v) is 3.10. The van der Waals surface area contributed by atoms with Crippen LogP contribution in [0.3, 0.4) is 0 Å². The molecule has 0 radical (unpaired) electrons. The molecule has 0 aliphatic carbocycles. The summed E-state index contributed by atoms with van der Waals surface area (Å²) in [5.74, 6) is -1.01. The van der Waals surface area contributed by atoms with Crippen molar-refractivity contribution in [1.82, 2.24) is 19.9 Å². The number of anilines is 1. The van der Waals surface area contributed by atoms with Crippen LogP contribution in [0, 0.1) is 6.92 Å². The summed E-state index contributed by atoms with van der Waals surface area (Å²) < 4.78 is 0. The summed E-state index contributed by atoms with van der Waals surface area (Å²) in [5, 5.41) is 12.6. The summed E-state index contributed by atoms with van der Waals surface area (Å²) >= 11 is 0. The second kappa shape index (κ2) is 6.45. The fraction of sp³-hybridized carbons (Fsp3) is 0.429. The van der Waals surface area contributed by atoms with E-state index < -0.39 is 5.97 Å². The zero-order valence-electron chi connectivity index (χ0n) is 12.4. The third-order valence-electron chi connectivity index (χ3n) is 3.10. The second-order valence-corrected chi connectivity index (χ2v) is 5.06. The first-order valence-corrected chi connectivity index (χ1v) is 6.74. The Morgan fingerprint density at radius 3 is 2.71 bits per heavy atom. The maximum absolute atomic E-state index is 11.5. The molecule has 21 heavy (non-hydrogen) atoms. The van der Waals surface area contributed by atoms with Gasteiger partial charge in [0.1, 0.15) is 11.1 Å². The minimum absolute atomic E-state index is 0.160. The van der Waals surface area contributed by atoms with E-state index in [4.69, 9.17) is 0 Å². The van der Waals surface area contributed by atoms with Crippen LogP contribution in [0.15, 0.2) is 12.4 Å². The van der Waals surface area contributed by atoms with Gasteiger partial charge in [-0.1, -0.05) is 0 Å². The monoisotopic (exact) mass is 289 g/mol. The fourth-order valence-electron chi connectivity index (χ4n) is 2.15. The Hall–Kier alpha value is -2.28. The Morgan fingerprint density at radius 2 is 2.05 bits per heavy atom. The smallest absolute Gasteiger partial charge is 0.339 e. The Labute approximate surface area is 123 Å². The molecule has 2 rings (SSSR count). The molecule has 0 aliphatic heterocycles. The van der Waals surface area contributed by atoms with Crippen molar-refractivity contribution in [3.63, 3.8) is 0 Å². The number of aryl methyl sites for hydroxylation is 1. The van der Waals surface area contributed by atoms with Crippen molar-refractivity contribution in [2.75, 3.05) is 32.5 Å². The minimum atomic E-state index is -1.01. The van der Waals surface area contributed by atoms with E-state index in [-0.39, 0.29) is 5.56 Å². The number of aromatic nitrogens is 3. The summed E-state index contributed by atoms with van der Waals surface area (Å²) in [7, 11) is 4.00. The predicted octanol–water partition coefficient (Wildman–Crippen LogP) is 1.40. The van der Waals surface area contributed by atoms with Crippen molar-refractivity contribution in [3.05, 3.63) is 23.7 Å². The highest BCUT2D eigenvalue weighted by atomic mass is 16.4.